The number of nitrogens with zero attached hydrogens (tertiary/aromatic N) is 2. The quantitative estimate of drug-likeness (QED) is 0.765. The van der Waals surface area contributed by atoms with E-state index in [1.807, 2.05) is 13.0 Å². The van der Waals surface area contributed by atoms with Crippen molar-refractivity contribution in [1.29, 1.82) is 5.26 Å². The predicted molar refractivity (Wildman–Crippen MR) is 77.2 cm³/mol. The molecule has 3 unspecified atom stereocenters. The molecule has 1 saturated heterocycles. The van der Waals surface area contributed by atoms with E-state index >= 15 is 0 Å². The lowest BCUT2D eigenvalue weighted by atomic mass is 10.1. The highest BCUT2D eigenvalue weighted by molar-refractivity contribution is 5.60. The number of benzene rings is 1. The van der Waals surface area contributed by atoms with Gasteiger partial charge in [-0.05, 0) is 38.3 Å². The number of nitriles is 1. The molecule has 19 heavy (non-hydrogen) atoms. The van der Waals surface area contributed by atoms with Crippen LogP contribution in [0.2, 0.25) is 0 Å². The van der Waals surface area contributed by atoms with E-state index in [9.17, 15) is 0 Å². The number of hydrogen-bond acceptors (Lipinski definition) is 3. The van der Waals surface area contributed by atoms with Crippen LogP contribution in [0.1, 0.15) is 32.8 Å². The average molecular weight is 258 g/mol. The fourth-order valence-corrected chi connectivity index (χ4v) is 2.55. The first-order chi connectivity index (χ1) is 9.17. The summed E-state index contributed by atoms with van der Waals surface area (Å²) in [6, 6.07) is 11.1. The third-order valence-electron chi connectivity index (χ3n) is 3.72. The van der Waals surface area contributed by atoms with Crippen LogP contribution in [0.15, 0.2) is 24.3 Å². The highest BCUT2D eigenvalue weighted by atomic mass is 16.6. The molecule has 3 heteroatoms. The molecule has 0 amide bonds. The number of ether oxygens (including phenoxy) is 1. The minimum atomic E-state index is -0.0337. The Bertz CT molecular complexity index is 462. The van der Waals surface area contributed by atoms with Gasteiger partial charge in [-0.2, -0.15) is 5.26 Å². The summed E-state index contributed by atoms with van der Waals surface area (Å²) in [7, 11) is 0. The van der Waals surface area contributed by atoms with Crippen LogP contribution in [0.3, 0.4) is 0 Å². The number of fused-ring (bicyclic) bond motifs is 1. The van der Waals surface area contributed by atoms with Crippen LogP contribution in [-0.2, 0) is 11.2 Å². The van der Waals surface area contributed by atoms with Gasteiger partial charge in [-0.15, -0.1) is 0 Å². The van der Waals surface area contributed by atoms with Crippen LogP contribution < -0.4 is 4.90 Å². The summed E-state index contributed by atoms with van der Waals surface area (Å²) in [4.78, 5) is 2.20. The van der Waals surface area contributed by atoms with Crippen molar-refractivity contribution < 1.29 is 4.74 Å². The topological polar surface area (TPSA) is 39.6 Å². The Morgan fingerprint density at radius 1 is 1.47 bits per heavy atom. The van der Waals surface area contributed by atoms with Crippen molar-refractivity contribution in [2.45, 2.75) is 51.8 Å². The standard InChI is InChI=1S/C12H14N2.C4H8O/c1-9-7-11-5-3-4-6-12(11)14(9)10(2)8-13;1-2-4-3-5-4/h3-6,9-10H,7H2,1-2H3;4H,2-3H2,1H3. The minimum Gasteiger partial charge on any atom is -0.373 e. The summed E-state index contributed by atoms with van der Waals surface area (Å²) in [5.41, 5.74) is 2.59. The fourth-order valence-electron chi connectivity index (χ4n) is 2.55. The molecule has 1 fully saturated rings. The van der Waals surface area contributed by atoms with E-state index in [0.29, 0.717) is 12.1 Å². The van der Waals surface area contributed by atoms with Crippen LogP contribution >= 0.6 is 0 Å². The van der Waals surface area contributed by atoms with E-state index in [2.05, 4.69) is 43.0 Å². The van der Waals surface area contributed by atoms with Gasteiger partial charge in [0.05, 0.1) is 18.8 Å². The van der Waals surface area contributed by atoms with Gasteiger partial charge in [0.15, 0.2) is 0 Å². The van der Waals surface area contributed by atoms with E-state index < -0.39 is 0 Å². The molecule has 0 radical (unpaired) electrons. The van der Waals surface area contributed by atoms with Crippen molar-refractivity contribution in [3.63, 3.8) is 0 Å². The molecule has 2 heterocycles. The van der Waals surface area contributed by atoms with Crippen molar-refractivity contribution in [2.75, 3.05) is 11.5 Å². The SMILES string of the molecule is CC(C#N)N1c2ccccc2CC1C.CCC1CO1. The van der Waals surface area contributed by atoms with E-state index in [0.717, 1.165) is 13.0 Å². The molecule has 0 bridgehead atoms. The Kier molecular flexibility index (Phi) is 4.44. The lowest BCUT2D eigenvalue weighted by Gasteiger charge is -2.27. The Labute approximate surface area is 115 Å². The zero-order chi connectivity index (χ0) is 13.8. The van der Waals surface area contributed by atoms with Gasteiger partial charge in [0, 0.05) is 11.7 Å². The molecule has 1 aromatic rings. The van der Waals surface area contributed by atoms with Crippen LogP contribution in [0.5, 0.6) is 0 Å². The number of para-hydroxylation sites is 1. The fraction of sp³-hybridized carbons (Fsp3) is 0.562. The molecule has 0 spiro atoms. The Hall–Kier alpha value is -1.53. The Morgan fingerprint density at radius 3 is 2.68 bits per heavy atom. The third kappa shape index (κ3) is 3.27. The number of hydrogen-bond donors (Lipinski definition) is 0. The largest absolute Gasteiger partial charge is 0.373 e. The highest BCUT2D eigenvalue weighted by Gasteiger charge is 2.28. The average Bonchev–Trinajstić information content (AvgIpc) is 3.20. The van der Waals surface area contributed by atoms with Crippen molar-refractivity contribution in [1.82, 2.24) is 0 Å². The maximum Gasteiger partial charge on any atom is 0.114 e. The van der Waals surface area contributed by atoms with E-state index in [1.54, 1.807) is 0 Å². The van der Waals surface area contributed by atoms with Gasteiger partial charge in [-0.25, -0.2) is 0 Å². The van der Waals surface area contributed by atoms with Gasteiger partial charge in [0.25, 0.3) is 0 Å². The summed E-state index contributed by atoms with van der Waals surface area (Å²) in [5, 5.41) is 8.95. The lowest BCUT2D eigenvalue weighted by molar-refractivity contribution is 0.403. The molecule has 0 saturated carbocycles. The van der Waals surface area contributed by atoms with Gasteiger partial charge < -0.3 is 9.64 Å². The molecule has 0 aromatic heterocycles. The minimum absolute atomic E-state index is 0.0337. The molecule has 1 aromatic carbocycles. The van der Waals surface area contributed by atoms with Crippen LogP contribution in [0.4, 0.5) is 5.69 Å². The predicted octanol–water partition coefficient (Wildman–Crippen LogP) is 3.14. The maximum absolute atomic E-state index is 8.95. The van der Waals surface area contributed by atoms with E-state index in [1.165, 1.54) is 17.7 Å². The summed E-state index contributed by atoms with van der Waals surface area (Å²) in [5.74, 6) is 0. The molecule has 2 aliphatic rings. The van der Waals surface area contributed by atoms with Crippen molar-refractivity contribution in [2.24, 2.45) is 0 Å². The van der Waals surface area contributed by atoms with Crippen molar-refractivity contribution in [3.05, 3.63) is 29.8 Å². The maximum atomic E-state index is 8.95. The second-order valence-corrected chi connectivity index (χ2v) is 5.26. The Morgan fingerprint density at radius 2 is 2.16 bits per heavy atom. The first-order valence-corrected chi connectivity index (χ1v) is 7.04. The monoisotopic (exact) mass is 258 g/mol. The molecular weight excluding hydrogens is 236 g/mol. The molecule has 0 N–H and O–H groups in total. The summed E-state index contributed by atoms with van der Waals surface area (Å²) >= 11 is 0. The normalized spacial score (nSPS) is 24.8. The number of rotatable bonds is 2. The van der Waals surface area contributed by atoms with Gasteiger partial charge in [0.1, 0.15) is 6.04 Å². The van der Waals surface area contributed by atoms with E-state index in [4.69, 9.17) is 10.00 Å². The van der Waals surface area contributed by atoms with Gasteiger partial charge in [-0.1, -0.05) is 25.1 Å². The zero-order valence-corrected chi connectivity index (χ0v) is 12.0. The molecule has 102 valence electrons. The van der Waals surface area contributed by atoms with Gasteiger partial charge >= 0.3 is 0 Å². The molecule has 3 atom stereocenters. The van der Waals surface area contributed by atoms with E-state index in [-0.39, 0.29) is 6.04 Å². The van der Waals surface area contributed by atoms with Crippen LogP contribution in [-0.4, -0.2) is 24.8 Å². The second kappa shape index (κ2) is 6.08. The summed E-state index contributed by atoms with van der Waals surface area (Å²) in [6.45, 7) is 7.28. The van der Waals surface area contributed by atoms with Crippen molar-refractivity contribution >= 4 is 5.69 Å². The molecule has 3 rings (SSSR count). The van der Waals surface area contributed by atoms with Crippen molar-refractivity contribution in [3.8, 4) is 6.07 Å². The zero-order valence-electron chi connectivity index (χ0n) is 12.0. The highest BCUT2D eigenvalue weighted by Crippen LogP contribution is 2.33. The second-order valence-electron chi connectivity index (χ2n) is 5.26. The Balaban J connectivity index is 0.000000224. The summed E-state index contributed by atoms with van der Waals surface area (Å²) in [6.07, 6.45) is 2.89. The molecule has 2 aliphatic heterocycles. The molecule has 0 aliphatic carbocycles. The van der Waals surface area contributed by atoms with Crippen LogP contribution in [0, 0.1) is 11.3 Å². The lowest BCUT2D eigenvalue weighted by Crippen LogP contribution is -2.36. The van der Waals surface area contributed by atoms with Gasteiger partial charge in [-0.3, -0.25) is 0 Å². The number of anilines is 1. The molecule has 3 nitrogen and oxygen atoms in total. The first kappa shape index (κ1) is 13.9. The third-order valence-corrected chi connectivity index (χ3v) is 3.72. The molecular formula is C16H22N2O. The summed E-state index contributed by atoms with van der Waals surface area (Å²) < 4.78 is 4.86. The van der Waals surface area contributed by atoms with Gasteiger partial charge in [0.2, 0.25) is 0 Å². The van der Waals surface area contributed by atoms with Crippen LogP contribution in [0.25, 0.3) is 0 Å². The first-order valence-electron chi connectivity index (χ1n) is 7.04. The smallest absolute Gasteiger partial charge is 0.114 e. The number of epoxide rings is 1.